The monoisotopic (exact) mass is 215 g/mol. The van der Waals surface area contributed by atoms with E-state index in [1.54, 1.807) is 13.4 Å². The Labute approximate surface area is 92.5 Å². The second-order valence-electron chi connectivity index (χ2n) is 5.01. The van der Waals surface area contributed by atoms with Crippen LogP contribution in [0.1, 0.15) is 42.4 Å². The Morgan fingerprint density at radius 1 is 1.38 bits per heavy atom. The van der Waals surface area contributed by atoms with Crippen LogP contribution in [0.15, 0.2) is 17.2 Å². The molecule has 0 N–H and O–H groups in total. The molecule has 0 amide bonds. The highest BCUT2D eigenvalue weighted by Crippen LogP contribution is 2.53. The van der Waals surface area contributed by atoms with Crippen LogP contribution in [0.2, 0.25) is 0 Å². The van der Waals surface area contributed by atoms with Crippen LogP contribution in [-0.4, -0.2) is 14.2 Å². The molecule has 1 saturated carbocycles. The van der Waals surface area contributed by atoms with Gasteiger partial charge in [-0.15, -0.1) is 0 Å². The summed E-state index contributed by atoms with van der Waals surface area (Å²) in [5, 5.41) is 4.11. The molecule has 2 aromatic rings. The third-order valence-electron chi connectivity index (χ3n) is 4.22. The van der Waals surface area contributed by atoms with Gasteiger partial charge in [-0.2, -0.15) is 5.10 Å². The summed E-state index contributed by atoms with van der Waals surface area (Å²) in [5.41, 5.74) is 3.56. The Morgan fingerprint density at radius 3 is 3.06 bits per heavy atom. The Morgan fingerprint density at radius 2 is 2.19 bits per heavy atom. The Balaban J connectivity index is 2.16. The van der Waals surface area contributed by atoms with E-state index in [4.69, 9.17) is 0 Å². The van der Waals surface area contributed by atoms with Crippen LogP contribution in [0.5, 0.6) is 0 Å². The van der Waals surface area contributed by atoms with Gasteiger partial charge >= 0.3 is 0 Å². The minimum atomic E-state index is 0.0105. The van der Waals surface area contributed by atoms with E-state index in [2.05, 4.69) is 11.2 Å². The lowest BCUT2D eigenvalue weighted by molar-refractivity contribution is 0.659. The molecule has 0 saturated heterocycles. The molecule has 2 atom stereocenters. The van der Waals surface area contributed by atoms with E-state index in [1.165, 1.54) is 35.2 Å². The minimum Gasteiger partial charge on any atom is -0.298 e. The zero-order chi connectivity index (χ0) is 10.9. The lowest BCUT2D eigenvalue weighted by Gasteiger charge is -2.11. The van der Waals surface area contributed by atoms with E-state index in [1.807, 2.05) is 4.40 Å². The maximum Gasteiger partial charge on any atom is 0.290 e. The van der Waals surface area contributed by atoms with Gasteiger partial charge in [-0.25, -0.2) is 4.68 Å². The fourth-order valence-electron chi connectivity index (χ4n) is 3.47. The van der Waals surface area contributed by atoms with Crippen molar-refractivity contribution in [3.8, 4) is 0 Å². The summed E-state index contributed by atoms with van der Waals surface area (Å²) < 4.78 is 3.42. The summed E-state index contributed by atoms with van der Waals surface area (Å²) in [6.07, 6.45) is 5.64. The van der Waals surface area contributed by atoms with E-state index in [0.717, 1.165) is 5.52 Å². The van der Waals surface area contributed by atoms with Crippen LogP contribution in [0.25, 0.3) is 5.52 Å². The van der Waals surface area contributed by atoms with Crippen LogP contribution in [-0.2, 0) is 7.05 Å². The molecule has 2 heterocycles. The third-order valence-corrected chi connectivity index (χ3v) is 4.22. The SMILES string of the molecule is Cn1ncn2c3c(cc2c1=O)C1CCC3C1. The number of aromatic nitrogens is 3. The average Bonchev–Trinajstić information content (AvgIpc) is 2.93. The van der Waals surface area contributed by atoms with Crippen molar-refractivity contribution in [3.05, 3.63) is 34.0 Å². The predicted molar refractivity (Wildman–Crippen MR) is 59.8 cm³/mol. The van der Waals surface area contributed by atoms with Crippen molar-refractivity contribution >= 4 is 5.52 Å². The van der Waals surface area contributed by atoms with E-state index in [0.29, 0.717) is 11.8 Å². The number of hydrogen-bond donors (Lipinski definition) is 0. The number of hydrogen-bond acceptors (Lipinski definition) is 2. The molecule has 0 aromatic carbocycles. The number of nitrogens with zero attached hydrogens (tertiary/aromatic N) is 3. The Bertz CT molecular complexity index is 652. The molecule has 1 fully saturated rings. The van der Waals surface area contributed by atoms with Gasteiger partial charge in [0.25, 0.3) is 5.56 Å². The molecule has 2 aliphatic rings. The van der Waals surface area contributed by atoms with E-state index in [-0.39, 0.29) is 5.56 Å². The van der Waals surface area contributed by atoms with Gasteiger partial charge in [0.05, 0.1) is 0 Å². The van der Waals surface area contributed by atoms with E-state index >= 15 is 0 Å². The van der Waals surface area contributed by atoms with Crippen LogP contribution >= 0.6 is 0 Å². The first-order valence-electron chi connectivity index (χ1n) is 5.83. The summed E-state index contributed by atoms with van der Waals surface area (Å²) in [7, 11) is 1.70. The molecule has 82 valence electrons. The number of fused-ring (bicyclic) bond motifs is 7. The van der Waals surface area contributed by atoms with Gasteiger partial charge in [-0.05, 0) is 36.8 Å². The van der Waals surface area contributed by atoms with Gasteiger partial charge in [0.15, 0.2) is 0 Å². The summed E-state index contributed by atoms with van der Waals surface area (Å²) in [6.45, 7) is 0. The minimum absolute atomic E-state index is 0.0105. The molecule has 2 unspecified atom stereocenters. The Hall–Kier alpha value is -1.58. The molecule has 16 heavy (non-hydrogen) atoms. The fourth-order valence-corrected chi connectivity index (χ4v) is 3.47. The Kier molecular flexibility index (Phi) is 1.37. The van der Waals surface area contributed by atoms with Gasteiger partial charge in [-0.1, -0.05) is 0 Å². The highest BCUT2D eigenvalue weighted by Gasteiger charge is 2.39. The molecular formula is C12H13N3O. The van der Waals surface area contributed by atoms with Crippen molar-refractivity contribution in [1.82, 2.24) is 14.2 Å². The van der Waals surface area contributed by atoms with Crippen LogP contribution in [0.4, 0.5) is 0 Å². The van der Waals surface area contributed by atoms with Crippen molar-refractivity contribution in [1.29, 1.82) is 0 Å². The fraction of sp³-hybridized carbons (Fsp3) is 0.500. The zero-order valence-electron chi connectivity index (χ0n) is 9.18. The predicted octanol–water partition coefficient (Wildman–Crippen LogP) is 1.40. The van der Waals surface area contributed by atoms with Gasteiger partial charge in [0.1, 0.15) is 11.8 Å². The van der Waals surface area contributed by atoms with Gasteiger partial charge in [0, 0.05) is 18.7 Å². The molecule has 4 heteroatoms. The number of aryl methyl sites for hydroxylation is 1. The molecule has 2 aliphatic carbocycles. The van der Waals surface area contributed by atoms with Gasteiger partial charge in [-0.3, -0.25) is 9.20 Å². The third kappa shape index (κ3) is 0.821. The topological polar surface area (TPSA) is 39.3 Å². The van der Waals surface area contributed by atoms with Crippen LogP contribution in [0, 0.1) is 0 Å². The molecule has 0 radical (unpaired) electrons. The van der Waals surface area contributed by atoms with E-state index in [9.17, 15) is 4.79 Å². The highest BCUT2D eigenvalue weighted by molar-refractivity contribution is 5.56. The molecule has 4 rings (SSSR count). The van der Waals surface area contributed by atoms with Crippen molar-refractivity contribution in [3.63, 3.8) is 0 Å². The largest absolute Gasteiger partial charge is 0.298 e. The molecule has 0 spiro atoms. The summed E-state index contributed by atoms with van der Waals surface area (Å²) in [4.78, 5) is 11.9. The first kappa shape index (κ1) is 8.56. The highest BCUT2D eigenvalue weighted by atomic mass is 16.1. The van der Waals surface area contributed by atoms with Crippen molar-refractivity contribution in [2.75, 3.05) is 0 Å². The standard InChI is InChI=1S/C12H13N3O/c1-14-12(16)10-5-9-7-2-3-8(4-7)11(9)15(10)6-13-14/h5-8H,2-4H2,1H3. The second kappa shape index (κ2) is 2.56. The molecule has 2 bridgehead atoms. The first-order valence-corrected chi connectivity index (χ1v) is 5.83. The van der Waals surface area contributed by atoms with Gasteiger partial charge < -0.3 is 0 Å². The molecular weight excluding hydrogens is 202 g/mol. The zero-order valence-corrected chi connectivity index (χ0v) is 9.18. The van der Waals surface area contributed by atoms with Crippen molar-refractivity contribution in [2.45, 2.75) is 31.1 Å². The quantitative estimate of drug-likeness (QED) is 0.666. The second-order valence-corrected chi connectivity index (χ2v) is 5.01. The molecule has 2 aromatic heterocycles. The first-order chi connectivity index (χ1) is 7.75. The van der Waals surface area contributed by atoms with Gasteiger partial charge in [0.2, 0.25) is 0 Å². The van der Waals surface area contributed by atoms with Crippen molar-refractivity contribution < 1.29 is 0 Å². The normalized spacial score (nSPS) is 26.6. The van der Waals surface area contributed by atoms with Crippen LogP contribution in [0.3, 0.4) is 0 Å². The van der Waals surface area contributed by atoms with E-state index < -0.39 is 0 Å². The number of rotatable bonds is 0. The smallest absolute Gasteiger partial charge is 0.290 e. The lowest BCUT2D eigenvalue weighted by Crippen LogP contribution is -2.21. The molecule has 4 nitrogen and oxygen atoms in total. The summed E-state index contributed by atoms with van der Waals surface area (Å²) in [5.74, 6) is 1.36. The summed E-state index contributed by atoms with van der Waals surface area (Å²) >= 11 is 0. The van der Waals surface area contributed by atoms with Crippen LogP contribution < -0.4 is 5.56 Å². The lowest BCUT2D eigenvalue weighted by atomic mass is 9.98. The summed E-state index contributed by atoms with van der Waals surface area (Å²) in [6, 6.07) is 2.09. The maximum absolute atomic E-state index is 11.9. The average molecular weight is 215 g/mol. The van der Waals surface area contributed by atoms with Crippen molar-refractivity contribution in [2.24, 2.45) is 7.05 Å². The maximum atomic E-state index is 11.9. The molecule has 0 aliphatic heterocycles.